The lowest BCUT2D eigenvalue weighted by molar-refractivity contribution is -0.127. The highest BCUT2D eigenvalue weighted by molar-refractivity contribution is 6.13. The summed E-state index contributed by atoms with van der Waals surface area (Å²) in [6, 6.07) is 12.4. The SMILES string of the molecule is CC(C)C1C(=O)Nc2cc(C(=O)NCc3cccc(CN)c3)ccc2N1C(=O)C1CCCCC1. The van der Waals surface area contributed by atoms with Crippen molar-refractivity contribution in [2.45, 2.75) is 65.1 Å². The van der Waals surface area contributed by atoms with E-state index in [-0.39, 0.29) is 29.6 Å². The molecule has 2 aromatic rings. The Morgan fingerprint density at radius 1 is 1.09 bits per heavy atom. The van der Waals surface area contributed by atoms with E-state index >= 15 is 0 Å². The first kappa shape index (κ1) is 24.0. The quantitative estimate of drug-likeness (QED) is 0.604. The van der Waals surface area contributed by atoms with Crippen molar-refractivity contribution in [3.8, 4) is 0 Å². The fourth-order valence-corrected chi connectivity index (χ4v) is 5.02. The van der Waals surface area contributed by atoms with Gasteiger partial charge in [-0.25, -0.2) is 0 Å². The summed E-state index contributed by atoms with van der Waals surface area (Å²) >= 11 is 0. The Kier molecular flexibility index (Phi) is 7.32. The third kappa shape index (κ3) is 4.99. The van der Waals surface area contributed by atoms with Gasteiger partial charge >= 0.3 is 0 Å². The number of amides is 3. The molecule has 7 nitrogen and oxygen atoms in total. The van der Waals surface area contributed by atoms with Crippen LogP contribution in [0, 0.1) is 11.8 Å². The molecule has 1 heterocycles. The Labute approximate surface area is 201 Å². The molecule has 0 spiro atoms. The Morgan fingerprint density at radius 3 is 2.53 bits per heavy atom. The van der Waals surface area contributed by atoms with E-state index in [4.69, 9.17) is 5.73 Å². The highest BCUT2D eigenvalue weighted by Crippen LogP contribution is 2.38. The van der Waals surface area contributed by atoms with Gasteiger partial charge in [-0.05, 0) is 48.1 Å². The normalized spacial score (nSPS) is 18.4. The summed E-state index contributed by atoms with van der Waals surface area (Å²) in [6.45, 7) is 4.73. The topological polar surface area (TPSA) is 105 Å². The van der Waals surface area contributed by atoms with E-state index in [0.29, 0.717) is 30.0 Å². The van der Waals surface area contributed by atoms with Crippen molar-refractivity contribution in [2.75, 3.05) is 10.2 Å². The molecular weight excluding hydrogens is 428 g/mol. The smallest absolute Gasteiger partial charge is 0.251 e. The highest BCUT2D eigenvalue weighted by atomic mass is 16.2. The van der Waals surface area contributed by atoms with Gasteiger partial charge in [0.2, 0.25) is 11.8 Å². The summed E-state index contributed by atoms with van der Waals surface area (Å²) in [5.41, 5.74) is 9.27. The zero-order valence-corrected chi connectivity index (χ0v) is 20.0. The van der Waals surface area contributed by atoms with Gasteiger partial charge in [-0.3, -0.25) is 19.3 Å². The van der Waals surface area contributed by atoms with Crippen molar-refractivity contribution in [1.29, 1.82) is 0 Å². The van der Waals surface area contributed by atoms with Gasteiger partial charge in [-0.15, -0.1) is 0 Å². The number of hydrogen-bond donors (Lipinski definition) is 3. The number of fused-ring (bicyclic) bond motifs is 1. The number of carbonyl (C=O) groups is 3. The Hall–Kier alpha value is -3.19. The summed E-state index contributed by atoms with van der Waals surface area (Å²) in [5, 5.41) is 5.86. The van der Waals surface area contributed by atoms with Crippen LogP contribution in [-0.2, 0) is 22.7 Å². The van der Waals surface area contributed by atoms with Crippen LogP contribution in [0.5, 0.6) is 0 Å². The first-order chi connectivity index (χ1) is 16.4. The largest absolute Gasteiger partial charge is 0.348 e. The van der Waals surface area contributed by atoms with Gasteiger partial charge in [0.15, 0.2) is 0 Å². The molecule has 0 saturated heterocycles. The molecule has 2 aromatic carbocycles. The summed E-state index contributed by atoms with van der Waals surface area (Å²) in [7, 11) is 0. The van der Waals surface area contributed by atoms with Crippen LogP contribution >= 0.6 is 0 Å². The second kappa shape index (κ2) is 10.4. The minimum atomic E-state index is -0.559. The lowest BCUT2D eigenvalue weighted by atomic mass is 9.86. The van der Waals surface area contributed by atoms with E-state index in [1.807, 2.05) is 38.1 Å². The van der Waals surface area contributed by atoms with E-state index in [2.05, 4.69) is 10.6 Å². The molecule has 1 aliphatic carbocycles. The first-order valence-electron chi connectivity index (χ1n) is 12.2. The number of nitrogens with zero attached hydrogens (tertiary/aromatic N) is 1. The van der Waals surface area contributed by atoms with Gasteiger partial charge in [0.25, 0.3) is 5.91 Å². The molecule has 3 amide bonds. The summed E-state index contributed by atoms with van der Waals surface area (Å²) in [4.78, 5) is 41.1. The molecule has 1 fully saturated rings. The van der Waals surface area contributed by atoms with Gasteiger partial charge in [0.1, 0.15) is 6.04 Å². The molecule has 180 valence electrons. The van der Waals surface area contributed by atoms with Crippen LogP contribution in [0.25, 0.3) is 0 Å². The number of anilines is 2. The first-order valence-corrected chi connectivity index (χ1v) is 12.2. The van der Waals surface area contributed by atoms with E-state index in [1.54, 1.807) is 23.1 Å². The summed E-state index contributed by atoms with van der Waals surface area (Å²) in [6.07, 6.45) is 4.97. The molecule has 34 heavy (non-hydrogen) atoms. The second-order valence-corrected chi connectivity index (χ2v) is 9.66. The van der Waals surface area contributed by atoms with Crippen LogP contribution in [0.2, 0.25) is 0 Å². The van der Waals surface area contributed by atoms with Crippen molar-refractivity contribution >= 4 is 29.1 Å². The van der Waals surface area contributed by atoms with Crippen LogP contribution in [-0.4, -0.2) is 23.8 Å². The number of nitrogens with two attached hydrogens (primary N) is 1. The maximum atomic E-state index is 13.6. The van der Waals surface area contributed by atoms with E-state index < -0.39 is 6.04 Å². The Morgan fingerprint density at radius 2 is 1.82 bits per heavy atom. The van der Waals surface area contributed by atoms with E-state index in [1.165, 1.54) is 0 Å². The van der Waals surface area contributed by atoms with Crippen LogP contribution in [0.4, 0.5) is 11.4 Å². The van der Waals surface area contributed by atoms with Crippen LogP contribution < -0.4 is 21.3 Å². The van der Waals surface area contributed by atoms with Crippen LogP contribution in [0.15, 0.2) is 42.5 Å². The third-order valence-electron chi connectivity index (χ3n) is 6.83. The van der Waals surface area contributed by atoms with Crippen LogP contribution in [0.1, 0.15) is 67.4 Å². The number of nitrogens with one attached hydrogen (secondary N) is 2. The molecule has 4 N–H and O–H groups in total. The molecule has 1 atom stereocenters. The lowest BCUT2D eigenvalue weighted by Crippen LogP contribution is -2.55. The zero-order valence-electron chi connectivity index (χ0n) is 20.0. The van der Waals surface area contributed by atoms with E-state index in [0.717, 1.165) is 43.2 Å². The molecule has 1 aliphatic heterocycles. The minimum absolute atomic E-state index is 0.0199. The maximum absolute atomic E-state index is 13.6. The molecule has 4 rings (SSSR count). The fourth-order valence-electron chi connectivity index (χ4n) is 5.02. The maximum Gasteiger partial charge on any atom is 0.251 e. The molecular formula is C27H34N4O3. The predicted octanol–water partition coefficient (Wildman–Crippen LogP) is 3.97. The van der Waals surface area contributed by atoms with Crippen molar-refractivity contribution in [2.24, 2.45) is 17.6 Å². The van der Waals surface area contributed by atoms with Crippen LogP contribution in [0.3, 0.4) is 0 Å². The summed E-state index contributed by atoms with van der Waals surface area (Å²) in [5.74, 6) is -0.519. The van der Waals surface area contributed by atoms with Gasteiger partial charge in [-0.2, -0.15) is 0 Å². The molecule has 1 saturated carbocycles. The van der Waals surface area contributed by atoms with E-state index in [9.17, 15) is 14.4 Å². The second-order valence-electron chi connectivity index (χ2n) is 9.66. The number of rotatable bonds is 6. The molecule has 0 radical (unpaired) electrons. The Bertz CT molecular complexity index is 1080. The average Bonchev–Trinajstić information content (AvgIpc) is 2.86. The number of hydrogen-bond acceptors (Lipinski definition) is 4. The highest BCUT2D eigenvalue weighted by Gasteiger charge is 2.41. The Balaban J connectivity index is 1.57. The van der Waals surface area contributed by atoms with Gasteiger partial charge < -0.3 is 16.4 Å². The van der Waals surface area contributed by atoms with Crippen molar-refractivity contribution in [3.05, 3.63) is 59.2 Å². The van der Waals surface area contributed by atoms with Gasteiger partial charge in [0, 0.05) is 24.6 Å². The zero-order chi connectivity index (χ0) is 24.2. The average molecular weight is 463 g/mol. The molecule has 1 unspecified atom stereocenters. The lowest BCUT2D eigenvalue weighted by Gasteiger charge is -2.40. The standard InChI is InChI=1S/C27H34N4O3/c1-17(2)24-26(33)30-22-14-21(25(32)29-16-19-8-6-7-18(13-19)15-28)11-12-23(22)31(24)27(34)20-9-4-3-5-10-20/h6-8,11-14,17,20,24H,3-5,9-10,15-16,28H2,1-2H3,(H,29,32)(H,30,33). The predicted molar refractivity (Wildman–Crippen MR) is 133 cm³/mol. The number of benzene rings is 2. The molecule has 0 aromatic heterocycles. The van der Waals surface area contributed by atoms with Gasteiger partial charge in [-0.1, -0.05) is 57.4 Å². The minimum Gasteiger partial charge on any atom is -0.348 e. The fraction of sp³-hybridized carbons (Fsp3) is 0.444. The molecule has 0 bridgehead atoms. The van der Waals surface area contributed by atoms with Crippen molar-refractivity contribution < 1.29 is 14.4 Å². The monoisotopic (exact) mass is 462 g/mol. The van der Waals surface area contributed by atoms with Crippen molar-refractivity contribution in [1.82, 2.24) is 5.32 Å². The third-order valence-corrected chi connectivity index (χ3v) is 6.83. The number of carbonyl (C=O) groups excluding carboxylic acids is 3. The molecule has 7 heteroatoms. The molecule has 2 aliphatic rings. The van der Waals surface area contributed by atoms with Crippen molar-refractivity contribution in [3.63, 3.8) is 0 Å². The van der Waals surface area contributed by atoms with Gasteiger partial charge in [0.05, 0.1) is 11.4 Å². The summed E-state index contributed by atoms with van der Waals surface area (Å²) < 4.78 is 0.